The largest absolute Gasteiger partial charge is 0.492 e. The molecule has 0 amide bonds. The Balaban J connectivity index is 0.00000341. The van der Waals surface area contributed by atoms with E-state index in [-0.39, 0.29) is 24.0 Å². The van der Waals surface area contributed by atoms with Crippen molar-refractivity contribution in [3.63, 3.8) is 0 Å². The van der Waals surface area contributed by atoms with Crippen LogP contribution >= 0.6 is 24.0 Å². The summed E-state index contributed by atoms with van der Waals surface area (Å²) < 4.78 is 11.5. The van der Waals surface area contributed by atoms with Gasteiger partial charge >= 0.3 is 0 Å². The van der Waals surface area contributed by atoms with Crippen molar-refractivity contribution in [1.29, 1.82) is 0 Å². The van der Waals surface area contributed by atoms with Gasteiger partial charge in [-0.05, 0) is 56.3 Å². The number of halogens is 1. The number of hydrogen-bond donors (Lipinski definition) is 1. The fraction of sp³-hybridized carbons (Fsp3) is 0.708. The van der Waals surface area contributed by atoms with Gasteiger partial charge < -0.3 is 19.7 Å². The van der Waals surface area contributed by atoms with E-state index in [1.807, 2.05) is 6.07 Å². The summed E-state index contributed by atoms with van der Waals surface area (Å²) in [5, 5.41) is 3.46. The van der Waals surface area contributed by atoms with Crippen LogP contribution in [0.1, 0.15) is 45.6 Å². The number of hydrogen-bond acceptors (Lipinski definition) is 4. The molecule has 176 valence electrons. The van der Waals surface area contributed by atoms with Crippen molar-refractivity contribution in [1.82, 2.24) is 15.1 Å². The van der Waals surface area contributed by atoms with Gasteiger partial charge in [0.25, 0.3) is 0 Å². The van der Waals surface area contributed by atoms with E-state index in [1.54, 1.807) is 0 Å². The smallest absolute Gasteiger partial charge is 0.194 e. The summed E-state index contributed by atoms with van der Waals surface area (Å²) in [4.78, 5) is 9.68. The van der Waals surface area contributed by atoms with E-state index in [2.05, 4.69) is 61.1 Å². The molecule has 0 aliphatic carbocycles. The van der Waals surface area contributed by atoms with Crippen LogP contribution < -0.4 is 10.1 Å². The Morgan fingerprint density at radius 1 is 1.32 bits per heavy atom. The summed E-state index contributed by atoms with van der Waals surface area (Å²) in [7, 11) is 2.19. The van der Waals surface area contributed by atoms with Gasteiger partial charge in [0.2, 0.25) is 0 Å². The van der Waals surface area contributed by atoms with Gasteiger partial charge in [-0.2, -0.15) is 0 Å². The monoisotopic (exact) mass is 544 g/mol. The summed E-state index contributed by atoms with van der Waals surface area (Å²) >= 11 is 0. The number of guanidine groups is 1. The van der Waals surface area contributed by atoms with Crippen LogP contribution in [0.25, 0.3) is 0 Å². The molecule has 3 rings (SSSR count). The van der Waals surface area contributed by atoms with E-state index in [9.17, 15) is 0 Å². The number of likely N-dealkylation sites (tertiary alicyclic amines) is 1. The highest BCUT2D eigenvalue weighted by molar-refractivity contribution is 14.0. The van der Waals surface area contributed by atoms with Gasteiger partial charge in [-0.15, -0.1) is 24.0 Å². The number of likely N-dealkylation sites (N-methyl/N-ethyl adjacent to an activating group) is 1. The minimum atomic E-state index is 0. The summed E-state index contributed by atoms with van der Waals surface area (Å²) in [6.45, 7) is 13.9. The molecule has 2 aliphatic rings. The van der Waals surface area contributed by atoms with Gasteiger partial charge in [-0.25, -0.2) is 4.99 Å². The molecule has 2 saturated heterocycles. The second-order valence-electron chi connectivity index (χ2n) is 9.33. The van der Waals surface area contributed by atoms with E-state index < -0.39 is 0 Å². The Morgan fingerprint density at radius 3 is 2.77 bits per heavy atom. The predicted molar refractivity (Wildman–Crippen MR) is 139 cm³/mol. The molecule has 0 saturated carbocycles. The van der Waals surface area contributed by atoms with Gasteiger partial charge in [0.05, 0.1) is 6.54 Å². The average molecular weight is 545 g/mol. The second-order valence-corrected chi connectivity index (χ2v) is 9.33. The first-order chi connectivity index (χ1) is 14.5. The minimum Gasteiger partial charge on any atom is -0.492 e. The van der Waals surface area contributed by atoms with E-state index in [0.29, 0.717) is 24.6 Å². The fourth-order valence-corrected chi connectivity index (χ4v) is 4.23. The molecule has 7 heteroatoms. The highest BCUT2D eigenvalue weighted by Crippen LogP contribution is 2.28. The van der Waals surface area contributed by atoms with Crippen molar-refractivity contribution in [2.24, 2.45) is 10.4 Å². The normalized spacial score (nSPS) is 19.4. The molecule has 2 aliphatic heterocycles. The van der Waals surface area contributed by atoms with Crippen LogP contribution in [-0.4, -0.2) is 74.8 Å². The van der Waals surface area contributed by atoms with Crippen LogP contribution in [0.4, 0.5) is 0 Å². The van der Waals surface area contributed by atoms with Crippen LogP contribution in [0.5, 0.6) is 5.75 Å². The lowest BCUT2D eigenvalue weighted by Gasteiger charge is -2.31. The zero-order chi connectivity index (χ0) is 21.4. The molecule has 1 aromatic rings. The Bertz CT molecular complexity index is 692. The number of benzene rings is 1. The van der Waals surface area contributed by atoms with Crippen LogP contribution in [0.2, 0.25) is 0 Å². The lowest BCUT2D eigenvalue weighted by Crippen LogP contribution is -2.40. The zero-order valence-corrected chi connectivity index (χ0v) is 22.1. The third-order valence-electron chi connectivity index (χ3n) is 6.15. The van der Waals surface area contributed by atoms with Crippen molar-refractivity contribution in [2.75, 3.05) is 53.0 Å². The molecule has 0 spiro atoms. The second kappa shape index (κ2) is 12.8. The van der Waals surface area contributed by atoms with Crippen molar-refractivity contribution in [2.45, 2.75) is 52.6 Å². The highest BCUT2D eigenvalue weighted by atomic mass is 127. The maximum atomic E-state index is 6.04. The Morgan fingerprint density at radius 2 is 2.10 bits per heavy atom. The number of nitrogens with zero attached hydrogens (tertiary/aromatic N) is 3. The molecular weight excluding hydrogens is 503 g/mol. The maximum absolute atomic E-state index is 6.04. The average Bonchev–Trinajstić information content (AvgIpc) is 3.11. The molecule has 1 aromatic carbocycles. The van der Waals surface area contributed by atoms with Gasteiger partial charge in [-0.3, -0.25) is 4.90 Å². The van der Waals surface area contributed by atoms with Gasteiger partial charge in [0.15, 0.2) is 5.96 Å². The highest BCUT2D eigenvalue weighted by Gasteiger charge is 2.30. The van der Waals surface area contributed by atoms with E-state index in [4.69, 9.17) is 14.5 Å². The van der Waals surface area contributed by atoms with Crippen molar-refractivity contribution < 1.29 is 9.47 Å². The molecule has 6 nitrogen and oxygen atoms in total. The van der Waals surface area contributed by atoms with Crippen LogP contribution in [0, 0.1) is 5.41 Å². The third-order valence-corrected chi connectivity index (χ3v) is 6.15. The molecule has 0 aromatic heterocycles. The Labute approximate surface area is 205 Å². The third kappa shape index (κ3) is 8.42. The van der Waals surface area contributed by atoms with Crippen molar-refractivity contribution >= 4 is 29.9 Å². The number of nitrogens with one attached hydrogen (secondary N) is 1. The van der Waals surface area contributed by atoms with E-state index in [1.165, 1.54) is 12.0 Å². The zero-order valence-electron chi connectivity index (χ0n) is 19.7. The lowest BCUT2D eigenvalue weighted by atomic mass is 9.93. The van der Waals surface area contributed by atoms with E-state index in [0.717, 1.165) is 63.9 Å². The fourth-order valence-electron chi connectivity index (χ4n) is 4.23. The Hall–Kier alpha value is -1.06. The quantitative estimate of drug-likeness (QED) is 0.305. The SMILES string of the molecule is CCNC(=NCc1cccc(OCCN(C)C2CCOCC2)c1)N1CCC(C)(C)C1.I. The molecule has 2 heterocycles. The van der Waals surface area contributed by atoms with Crippen molar-refractivity contribution in [3.8, 4) is 5.75 Å². The molecule has 2 fully saturated rings. The van der Waals surface area contributed by atoms with Crippen LogP contribution in [0.3, 0.4) is 0 Å². The lowest BCUT2D eigenvalue weighted by molar-refractivity contribution is 0.0392. The predicted octanol–water partition coefficient (Wildman–Crippen LogP) is 3.99. The van der Waals surface area contributed by atoms with Crippen LogP contribution in [0.15, 0.2) is 29.3 Å². The molecular formula is C24H41IN4O2. The van der Waals surface area contributed by atoms with Gasteiger partial charge in [0.1, 0.15) is 12.4 Å². The van der Waals surface area contributed by atoms with Crippen molar-refractivity contribution in [3.05, 3.63) is 29.8 Å². The number of ether oxygens (including phenoxy) is 2. The summed E-state index contributed by atoms with van der Waals surface area (Å²) in [6.07, 6.45) is 3.45. The molecule has 0 unspecified atom stereocenters. The maximum Gasteiger partial charge on any atom is 0.194 e. The Kier molecular flexibility index (Phi) is 10.9. The molecule has 1 N–H and O–H groups in total. The first kappa shape index (κ1) is 26.2. The van der Waals surface area contributed by atoms with Gasteiger partial charge in [-0.1, -0.05) is 26.0 Å². The standard InChI is InChI=1S/C24H40N4O2.HI/c1-5-25-23(28-12-11-24(2,3)19-28)26-18-20-7-6-8-22(17-20)30-16-13-27(4)21-9-14-29-15-10-21;/h6-8,17,21H,5,9-16,18-19H2,1-4H3,(H,25,26);1H. The number of aliphatic imine (C=N–C) groups is 1. The molecule has 31 heavy (non-hydrogen) atoms. The molecule has 0 bridgehead atoms. The topological polar surface area (TPSA) is 49.3 Å². The first-order valence-corrected chi connectivity index (χ1v) is 11.5. The van der Waals surface area contributed by atoms with E-state index >= 15 is 0 Å². The molecule has 0 atom stereocenters. The first-order valence-electron chi connectivity index (χ1n) is 11.5. The number of rotatable bonds is 8. The van der Waals surface area contributed by atoms with Crippen LogP contribution in [-0.2, 0) is 11.3 Å². The van der Waals surface area contributed by atoms with Gasteiger partial charge in [0, 0.05) is 45.4 Å². The summed E-state index contributed by atoms with van der Waals surface area (Å²) in [5.74, 6) is 1.95. The summed E-state index contributed by atoms with van der Waals surface area (Å²) in [6, 6.07) is 8.96. The summed E-state index contributed by atoms with van der Waals surface area (Å²) in [5.41, 5.74) is 1.54. The molecule has 0 radical (unpaired) electrons. The minimum absolute atomic E-state index is 0.